The summed E-state index contributed by atoms with van der Waals surface area (Å²) >= 11 is 7.94. The molecule has 0 aromatic carbocycles. The van der Waals surface area contributed by atoms with Crippen LogP contribution in [0.5, 0.6) is 0 Å². The smallest absolute Gasteiger partial charge is 0.203 e. The van der Waals surface area contributed by atoms with Crippen LogP contribution >= 0.6 is 34.8 Å². The van der Waals surface area contributed by atoms with Gasteiger partial charge in [-0.2, -0.15) is 5.26 Å². The Hall–Kier alpha value is -1.27. The van der Waals surface area contributed by atoms with E-state index < -0.39 is 0 Å². The third kappa shape index (κ3) is 4.11. The standard InChI is InChI=1S/C10H6BClN4OS2/c11-19-17-5-6-1-8(12)15-9(2-6)16-10-14-4-7(3-13)18-10/h1-2,4H,5H2,(H,14,15,16). The minimum absolute atomic E-state index is 0.319. The predicted octanol–water partition coefficient (Wildman–Crippen LogP) is 3.06. The van der Waals surface area contributed by atoms with E-state index in [1.165, 1.54) is 17.5 Å². The van der Waals surface area contributed by atoms with Gasteiger partial charge in [-0.15, -0.1) is 0 Å². The van der Waals surface area contributed by atoms with Crippen LogP contribution in [0, 0.1) is 11.3 Å². The van der Waals surface area contributed by atoms with Crippen molar-refractivity contribution >= 4 is 52.9 Å². The zero-order chi connectivity index (χ0) is 13.7. The summed E-state index contributed by atoms with van der Waals surface area (Å²) in [5, 5.41) is 12.6. The molecule has 2 radical (unpaired) electrons. The van der Waals surface area contributed by atoms with E-state index in [0.717, 1.165) is 17.5 Å². The number of nitrogens with one attached hydrogen (secondary N) is 1. The number of nitrogens with zero attached hydrogens (tertiary/aromatic N) is 3. The second-order valence-corrected chi connectivity index (χ2v) is 5.15. The van der Waals surface area contributed by atoms with Gasteiger partial charge in [0, 0.05) is 0 Å². The maximum Gasteiger partial charge on any atom is 0.203 e. The van der Waals surface area contributed by atoms with Crippen LogP contribution in [0.4, 0.5) is 10.9 Å². The van der Waals surface area contributed by atoms with Crippen molar-refractivity contribution in [3.63, 3.8) is 0 Å². The molecule has 2 rings (SSSR count). The second kappa shape index (κ2) is 6.77. The molecule has 2 aromatic heterocycles. The van der Waals surface area contributed by atoms with E-state index in [-0.39, 0.29) is 0 Å². The van der Waals surface area contributed by atoms with Crippen LogP contribution in [0.15, 0.2) is 18.3 Å². The molecule has 9 heteroatoms. The molecule has 5 nitrogen and oxygen atoms in total. The molecule has 0 atom stereocenters. The molecule has 0 aliphatic carbocycles. The molecule has 2 heterocycles. The van der Waals surface area contributed by atoms with Gasteiger partial charge >= 0.3 is 0 Å². The summed E-state index contributed by atoms with van der Waals surface area (Å²) < 4.78 is 5.03. The number of halogens is 1. The second-order valence-electron chi connectivity index (χ2n) is 3.31. The fraction of sp³-hybridized carbons (Fsp3) is 0.100. The lowest BCUT2D eigenvalue weighted by molar-refractivity contribution is 0.369. The number of rotatable bonds is 5. The largest absolute Gasteiger partial charge is 0.324 e. The van der Waals surface area contributed by atoms with Crippen molar-refractivity contribution in [2.24, 2.45) is 0 Å². The number of aromatic nitrogens is 2. The molecule has 1 N–H and O–H groups in total. The molecule has 0 aliphatic heterocycles. The summed E-state index contributed by atoms with van der Waals surface area (Å²) in [7, 11) is 5.19. The molecule has 0 spiro atoms. The van der Waals surface area contributed by atoms with Crippen LogP contribution in [0.1, 0.15) is 10.4 Å². The quantitative estimate of drug-likeness (QED) is 0.520. The van der Waals surface area contributed by atoms with Crippen LogP contribution in [-0.2, 0) is 10.8 Å². The van der Waals surface area contributed by atoms with Gasteiger partial charge in [-0.05, 0) is 17.7 Å². The highest BCUT2D eigenvalue weighted by Gasteiger charge is 2.05. The SMILES string of the molecule is [B]SOCc1cc(Cl)nc(Nc2ncc(C#N)s2)c1. The third-order valence-corrected chi connectivity index (χ3v) is 3.26. The number of anilines is 2. The first-order chi connectivity index (χ1) is 9.21. The van der Waals surface area contributed by atoms with E-state index in [9.17, 15) is 0 Å². The molecule has 0 bridgehead atoms. The molecule has 0 unspecified atom stereocenters. The lowest BCUT2D eigenvalue weighted by atomic mass is 10.3. The predicted molar refractivity (Wildman–Crippen MR) is 77.5 cm³/mol. The van der Waals surface area contributed by atoms with E-state index in [2.05, 4.69) is 15.3 Å². The lowest BCUT2D eigenvalue weighted by Crippen LogP contribution is -1.96. The molecule has 0 fully saturated rings. The van der Waals surface area contributed by atoms with E-state index in [0.29, 0.717) is 27.6 Å². The highest BCUT2D eigenvalue weighted by atomic mass is 35.5. The maximum absolute atomic E-state index is 8.73. The number of nitriles is 1. The summed E-state index contributed by atoms with van der Waals surface area (Å²) in [5.74, 6) is 0.534. The van der Waals surface area contributed by atoms with E-state index in [1.807, 2.05) is 6.07 Å². The maximum atomic E-state index is 8.73. The Labute approximate surface area is 124 Å². The Morgan fingerprint density at radius 1 is 1.58 bits per heavy atom. The van der Waals surface area contributed by atoms with Crippen molar-refractivity contribution in [1.82, 2.24) is 9.97 Å². The van der Waals surface area contributed by atoms with Crippen LogP contribution < -0.4 is 5.32 Å². The molecular weight excluding hydrogens is 303 g/mol. The van der Waals surface area contributed by atoms with E-state index in [4.69, 9.17) is 28.2 Å². The summed E-state index contributed by atoms with van der Waals surface area (Å²) in [4.78, 5) is 8.69. The Balaban J connectivity index is 2.15. The van der Waals surface area contributed by atoms with Crippen molar-refractivity contribution < 1.29 is 4.18 Å². The van der Waals surface area contributed by atoms with E-state index in [1.54, 1.807) is 12.1 Å². The molecule has 0 saturated heterocycles. The number of hydrogen-bond donors (Lipinski definition) is 1. The minimum atomic E-state index is 0.319. The molecule has 0 saturated carbocycles. The van der Waals surface area contributed by atoms with Crippen molar-refractivity contribution in [2.45, 2.75) is 6.61 Å². The molecule has 19 heavy (non-hydrogen) atoms. The van der Waals surface area contributed by atoms with Crippen LogP contribution in [0.3, 0.4) is 0 Å². The van der Waals surface area contributed by atoms with Crippen molar-refractivity contribution in [2.75, 3.05) is 5.32 Å². The van der Waals surface area contributed by atoms with Crippen LogP contribution in [-0.4, -0.2) is 17.1 Å². The Morgan fingerprint density at radius 3 is 3.11 bits per heavy atom. The molecular formula is C10H6BClN4OS2. The number of pyridine rings is 1. The zero-order valence-corrected chi connectivity index (χ0v) is 11.8. The van der Waals surface area contributed by atoms with Gasteiger partial charge in [0.25, 0.3) is 0 Å². The number of thiazole rings is 1. The van der Waals surface area contributed by atoms with Crippen molar-refractivity contribution in [3.8, 4) is 6.07 Å². The van der Waals surface area contributed by atoms with Gasteiger partial charge in [0.15, 0.2) is 5.13 Å². The molecule has 0 aliphatic rings. The molecule has 2 aromatic rings. The van der Waals surface area contributed by atoms with Gasteiger partial charge in [-0.25, -0.2) is 9.97 Å². The Kier molecular flexibility index (Phi) is 5.04. The highest BCUT2D eigenvalue weighted by Crippen LogP contribution is 2.23. The molecule has 0 amide bonds. The highest BCUT2D eigenvalue weighted by molar-refractivity contribution is 8.15. The van der Waals surface area contributed by atoms with Gasteiger partial charge in [0.1, 0.15) is 21.9 Å². The topological polar surface area (TPSA) is 70.8 Å². The third-order valence-electron chi connectivity index (χ3n) is 2.00. The Morgan fingerprint density at radius 2 is 2.42 bits per heavy atom. The Bertz CT molecular complexity index is 616. The first-order valence-electron chi connectivity index (χ1n) is 4.99. The van der Waals surface area contributed by atoms with Crippen LogP contribution in [0.25, 0.3) is 0 Å². The monoisotopic (exact) mass is 308 g/mol. The fourth-order valence-corrected chi connectivity index (χ4v) is 2.35. The fourth-order valence-electron chi connectivity index (χ4n) is 1.29. The first kappa shape index (κ1) is 14.2. The first-order valence-corrected chi connectivity index (χ1v) is 6.99. The summed E-state index contributed by atoms with van der Waals surface area (Å²) in [5.41, 5.74) is 0.831. The van der Waals surface area contributed by atoms with Crippen molar-refractivity contribution in [3.05, 3.63) is 33.9 Å². The molecule has 94 valence electrons. The van der Waals surface area contributed by atoms with Crippen molar-refractivity contribution in [1.29, 1.82) is 5.26 Å². The summed E-state index contributed by atoms with van der Waals surface area (Å²) in [6, 6.07) is 5.48. The summed E-state index contributed by atoms with van der Waals surface area (Å²) in [6.07, 6.45) is 1.49. The normalized spacial score (nSPS) is 10.1. The van der Waals surface area contributed by atoms with Gasteiger partial charge in [0.2, 0.25) is 7.12 Å². The zero-order valence-electron chi connectivity index (χ0n) is 9.46. The average molecular weight is 309 g/mol. The van der Waals surface area contributed by atoms with Gasteiger partial charge in [-0.1, -0.05) is 34.8 Å². The van der Waals surface area contributed by atoms with Crippen LogP contribution in [0.2, 0.25) is 5.15 Å². The van der Waals surface area contributed by atoms with Gasteiger partial charge in [0.05, 0.1) is 12.8 Å². The van der Waals surface area contributed by atoms with Gasteiger partial charge < -0.3 is 9.50 Å². The summed E-state index contributed by atoms with van der Waals surface area (Å²) in [6.45, 7) is 0.319. The average Bonchev–Trinajstić information content (AvgIpc) is 2.83. The lowest BCUT2D eigenvalue weighted by Gasteiger charge is -2.06. The minimum Gasteiger partial charge on any atom is -0.324 e. The number of hydrogen-bond acceptors (Lipinski definition) is 7. The van der Waals surface area contributed by atoms with Gasteiger partial charge in [-0.3, -0.25) is 0 Å². The van der Waals surface area contributed by atoms with E-state index >= 15 is 0 Å².